The highest BCUT2D eigenvalue weighted by molar-refractivity contribution is 6.78. The highest BCUT2D eigenvalue weighted by atomic mass is 28.4. The lowest BCUT2D eigenvalue weighted by Crippen LogP contribution is -2.56. The van der Waals surface area contributed by atoms with Crippen LogP contribution in [-0.4, -0.2) is 131 Å². The zero-order valence-electron chi connectivity index (χ0n) is 53.8. The predicted octanol–water partition coefficient (Wildman–Crippen LogP) is 14.2. The van der Waals surface area contributed by atoms with Crippen molar-refractivity contribution in [2.24, 2.45) is 11.8 Å². The fourth-order valence-corrected chi connectivity index (χ4v) is 23.3. The molecule has 18 heteroatoms. The van der Waals surface area contributed by atoms with Crippen LogP contribution in [0.2, 0.25) is 33.2 Å². The Labute approximate surface area is 489 Å². The van der Waals surface area contributed by atoms with E-state index in [1.165, 1.54) is 5.56 Å². The number of cyclic esters (lactones) is 2. The van der Waals surface area contributed by atoms with E-state index in [4.69, 9.17) is 42.0 Å². The number of benzene rings is 2. The number of rotatable bonds is 16. The molecule has 0 bridgehead atoms. The second kappa shape index (κ2) is 30.5. The molecule has 2 fully saturated rings. The monoisotopic (exact) mass is 1170 g/mol. The predicted molar refractivity (Wildman–Crippen MR) is 323 cm³/mol. The Morgan fingerprint density at radius 2 is 0.852 bits per heavy atom. The molecule has 0 saturated carbocycles. The van der Waals surface area contributed by atoms with Crippen LogP contribution in [0, 0.1) is 11.8 Å². The fourth-order valence-electron chi connectivity index (χ4n) is 12.0. The minimum Gasteiger partial charge on any atom is -0.458 e. The zero-order chi connectivity index (χ0) is 61.6. The number of carbonyl (C=O) groups is 5. The third-order valence-electron chi connectivity index (χ3n) is 15.2. The SMILES string of the molecule is CC(C)[Si](O[C@@H]1[C@@H](Cc2ccccc2)COCC(N(C(=O)OC(C)(C)C)C(=O)OC(C)(C)C)C(=O)O[C@H]1C)(C(C)C)C(C)C.CC(C)[Si](O[C@@H]1[C@@H](Cc2ccccc2)COC[C@H](NC(=O)OC(C)(C)C)C(=O)O[C@H]1C)(C(C)C)C(C)C. The molecule has 2 aromatic rings. The maximum absolute atomic E-state index is 13.9. The number of ether oxygens (including phenoxy) is 7. The summed E-state index contributed by atoms with van der Waals surface area (Å²) in [6, 6.07) is 18.0. The molecule has 1 N–H and O–H groups in total. The van der Waals surface area contributed by atoms with Crippen molar-refractivity contribution in [1.29, 1.82) is 0 Å². The molecule has 3 amide bonds. The van der Waals surface area contributed by atoms with E-state index in [0.29, 0.717) is 51.2 Å². The van der Waals surface area contributed by atoms with Crippen LogP contribution in [0.15, 0.2) is 60.7 Å². The summed E-state index contributed by atoms with van der Waals surface area (Å²) in [6.07, 6.45) is -3.36. The number of hydrogen-bond acceptors (Lipinski definition) is 14. The molecule has 0 spiro atoms. The van der Waals surface area contributed by atoms with Crippen molar-refractivity contribution in [3.05, 3.63) is 71.8 Å². The third-order valence-corrected chi connectivity index (χ3v) is 27.4. The maximum Gasteiger partial charge on any atom is 0.420 e. The first-order chi connectivity index (χ1) is 37.4. The average Bonchev–Trinajstić information content (AvgIpc) is 3.39. The van der Waals surface area contributed by atoms with Gasteiger partial charge in [-0.1, -0.05) is 144 Å². The quantitative estimate of drug-likeness (QED) is 0.0951. The highest BCUT2D eigenvalue weighted by Crippen LogP contribution is 2.46. The van der Waals surface area contributed by atoms with E-state index in [9.17, 15) is 24.0 Å². The molecular formula is C63H106N2O14Si2. The molecule has 2 heterocycles. The minimum absolute atomic E-state index is 0.00389. The van der Waals surface area contributed by atoms with Crippen molar-refractivity contribution in [3.63, 3.8) is 0 Å². The minimum atomic E-state index is -2.43. The van der Waals surface area contributed by atoms with Crippen molar-refractivity contribution < 1.29 is 66.0 Å². The van der Waals surface area contributed by atoms with E-state index in [2.05, 4.69) is 113 Å². The summed E-state index contributed by atoms with van der Waals surface area (Å²) in [5.74, 6) is -1.53. The van der Waals surface area contributed by atoms with Gasteiger partial charge in [-0.2, -0.15) is 4.90 Å². The number of esters is 2. The Hall–Kier alpha value is -4.34. The van der Waals surface area contributed by atoms with Gasteiger partial charge in [-0.25, -0.2) is 24.0 Å². The fraction of sp³-hybridized carbons (Fsp3) is 0.730. The van der Waals surface area contributed by atoms with Crippen LogP contribution in [0.4, 0.5) is 14.4 Å². The Morgan fingerprint density at radius 3 is 1.19 bits per heavy atom. The number of nitrogens with one attached hydrogen (secondary N) is 1. The van der Waals surface area contributed by atoms with Crippen LogP contribution in [0.25, 0.3) is 0 Å². The lowest BCUT2D eigenvalue weighted by molar-refractivity contribution is -0.160. The number of imide groups is 1. The van der Waals surface area contributed by atoms with Gasteiger partial charge in [-0.15, -0.1) is 0 Å². The molecule has 1 unspecified atom stereocenters. The molecule has 0 aliphatic carbocycles. The van der Waals surface area contributed by atoms with Crippen LogP contribution in [0.1, 0.15) is 170 Å². The molecule has 2 aliphatic rings. The molecule has 8 atom stereocenters. The van der Waals surface area contributed by atoms with E-state index >= 15 is 0 Å². The van der Waals surface area contributed by atoms with Crippen molar-refractivity contribution in [1.82, 2.24) is 10.2 Å². The van der Waals surface area contributed by atoms with Crippen molar-refractivity contribution in [2.75, 3.05) is 26.4 Å². The molecular weight excluding hydrogens is 1060 g/mol. The third kappa shape index (κ3) is 20.8. The van der Waals surface area contributed by atoms with E-state index < -0.39 is 94.1 Å². The Morgan fingerprint density at radius 1 is 0.519 bits per heavy atom. The molecule has 2 aliphatic heterocycles. The van der Waals surface area contributed by atoms with Gasteiger partial charge >= 0.3 is 30.2 Å². The van der Waals surface area contributed by atoms with Gasteiger partial charge in [-0.05, 0) is 133 Å². The standard InChI is InChI=1S/C34H57NO8Si.C29H49NO6Si/c1-22(2)44(23(3)4,24(5)6)43-29-25(7)40-30(36)28(21-39-20-27(29)19-26-17-15-14-16-18-26)35(31(37)41-33(8,9)10)32(38)42-34(11,12)13;1-19(2)37(20(3)4,21(5)6)36-26-22(7)34-27(31)25(30-28(32)35-29(8,9)10)18-33-17-24(26)16-23-14-12-11-13-15-23/h14-18,22-25,27-29H,19-21H2,1-13H3;11-15,19-22,24-26H,16-18H2,1-10H3,(H,30,32)/t25-,27-,28?,29-;22-,24-,25-,26-/m00/s1. The Bertz CT molecular complexity index is 2200. The zero-order valence-corrected chi connectivity index (χ0v) is 55.8. The molecule has 81 heavy (non-hydrogen) atoms. The number of hydrogen-bond donors (Lipinski definition) is 1. The number of nitrogens with zero attached hydrogens (tertiary/aromatic N) is 1. The summed E-state index contributed by atoms with van der Waals surface area (Å²) in [5, 5.41) is 2.63. The van der Waals surface area contributed by atoms with Gasteiger partial charge in [0, 0.05) is 11.8 Å². The number of carbonyl (C=O) groups excluding carboxylic acids is 5. The first-order valence-electron chi connectivity index (χ1n) is 29.6. The number of alkyl carbamates (subject to hydrolysis) is 1. The van der Waals surface area contributed by atoms with Crippen LogP contribution in [0.3, 0.4) is 0 Å². The molecule has 0 radical (unpaired) electrons. The van der Waals surface area contributed by atoms with E-state index in [1.807, 2.05) is 50.2 Å². The molecule has 2 saturated heterocycles. The van der Waals surface area contributed by atoms with Gasteiger partial charge in [0.05, 0.1) is 38.6 Å². The van der Waals surface area contributed by atoms with Gasteiger partial charge in [0.15, 0.2) is 12.1 Å². The van der Waals surface area contributed by atoms with Gasteiger partial charge in [0.2, 0.25) is 16.6 Å². The maximum atomic E-state index is 13.9. The van der Waals surface area contributed by atoms with Gasteiger partial charge in [-0.3, -0.25) is 0 Å². The van der Waals surface area contributed by atoms with E-state index in [1.54, 1.807) is 62.3 Å². The topological polar surface area (TPSA) is 184 Å². The second-order valence-corrected chi connectivity index (χ2v) is 37.9. The summed E-state index contributed by atoms with van der Waals surface area (Å²) >= 11 is 0. The van der Waals surface area contributed by atoms with Gasteiger partial charge < -0.3 is 47.3 Å². The van der Waals surface area contributed by atoms with Crippen molar-refractivity contribution >= 4 is 46.9 Å². The van der Waals surface area contributed by atoms with Crippen molar-refractivity contribution in [2.45, 2.75) is 259 Å². The van der Waals surface area contributed by atoms with Gasteiger partial charge in [0.1, 0.15) is 29.0 Å². The first kappa shape index (κ1) is 70.9. The van der Waals surface area contributed by atoms with E-state index in [0.717, 1.165) is 12.0 Å². The lowest BCUT2D eigenvalue weighted by Gasteiger charge is -2.47. The van der Waals surface area contributed by atoms with Crippen LogP contribution < -0.4 is 5.32 Å². The summed E-state index contributed by atoms with van der Waals surface area (Å²) in [4.78, 5) is 67.0. The summed E-state index contributed by atoms with van der Waals surface area (Å²) in [5.41, 5.74) is 1.80. The Kier molecular flexibility index (Phi) is 26.7. The summed E-state index contributed by atoms with van der Waals surface area (Å²) in [7, 11) is -4.73. The molecule has 16 nitrogen and oxygen atoms in total. The molecule has 460 valence electrons. The van der Waals surface area contributed by atoms with Crippen LogP contribution >= 0.6 is 0 Å². The smallest absolute Gasteiger partial charge is 0.420 e. The summed E-state index contributed by atoms with van der Waals surface area (Å²) < 4.78 is 55.4. The normalized spacial score (nSPS) is 23.0. The molecule has 4 rings (SSSR count). The highest BCUT2D eigenvalue weighted by Gasteiger charge is 2.52. The largest absolute Gasteiger partial charge is 0.458 e. The van der Waals surface area contributed by atoms with E-state index in [-0.39, 0.29) is 37.8 Å². The van der Waals surface area contributed by atoms with Gasteiger partial charge in [0.25, 0.3) is 0 Å². The first-order valence-corrected chi connectivity index (χ1v) is 33.9. The summed E-state index contributed by atoms with van der Waals surface area (Å²) in [6.45, 7) is 46.3. The van der Waals surface area contributed by atoms with Crippen molar-refractivity contribution in [3.8, 4) is 0 Å². The molecule has 0 aromatic heterocycles. The lowest BCUT2D eigenvalue weighted by atomic mass is 9.92. The van der Waals surface area contributed by atoms with Crippen LogP contribution in [-0.2, 0) is 64.4 Å². The number of amides is 3. The van der Waals surface area contributed by atoms with Crippen LogP contribution in [0.5, 0.6) is 0 Å². The Balaban J connectivity index is 0.000000432. The average molecular weight is 1170 g/mol. The second-order valence-electron chi connectivity index (χ2n) is 27.1. The molecule has 2 aromatic carbocycles.